The van der Waals surface area contributed by atoms with Gasteiger partial charge in [0.1, 0.15) is 5.69 Å². The van der Waals surface area contributed by atoms with Crippen molar-refractivity contribution in [2.24, 2.45) is 10.2 Å². The molecule has 2 aromatic heterocycles. The first-order chi connectivity index (χ1) is 7.86. The average Bonchev–Trinajstić information content (AvgIpc) is 2.31. The minimum atomic E-state index is -0.0836. The molecule has 0 saturated heterocycles. The van der Waals surface area contributed by atoms with Crippen molar-refractivity contribution >= 4 is 17.3 Å². The molecule has 0 aliphatic carbocycles. The first-order valence-corrected chi connectivity index (χ1v) is 4.72. The fraction of sp³-hybridized carbons (Fsp3) is 0. The Morgan fingerprint density at radius 1 is 1.00 bits per heavy atom. The molecular formula is C11H6N4O. The molecule has 3 heterocycles. The second-order valence-electron chi connectivity index (χ2n) is 3.30. The van der Waals surface area contributed by atoms with Gasteiger partial charge in [0.25, 0.3) is 0 Å². The summed E-state index contributed by atoms with van der Waals surface area (Å²) in [5.74, 6) is 0.444. The summed E-state index contributed by atoms with van der Waals surface area (Å²) in [4.78, 5) is 19.9. The monoisotopic (exact) mass is 210 g/mol. The van der Waals surface area contributed by atoms with Gasteiger partial charge in [0.2, 0.25) is 5.82 Å². The molecule has 0 spiro atoms. The molecule has 5 heteroatoms. The van der Waals surface area contributed by atoms with Gasteiger partial charge in [-0.15, -0.1) is 10.2 Å². The topological polar surface area (TPSA) is 67.6 Å². The lowest BCUT2D eigenvalue weighted by molar-refractivity contribution is 0.103. The zero-order valence-electron chi connectivity index (χ0n) is 8.16. The van der Waals surface area contributed by atoms with Crippen LogP contribution < -0.4 is 0 Å². The maximum atomic E-state index is 12.1. The van der Waals surface area contributed by atoms with Gasteiger partial charge in [-0.25, -0.2) is 4.98 Å². The molecule has 76 valence electrons. The van der Waals surface area contributed by atoms with Crippen LogP contribution in [0.15, 0.2) is 47.0 Å². The lowest BCUT2D eigenvalue weighted by Crippen LogP contribution is -2.03. The maximum Gasteiger partial charge on any atom is 0.203 e. The summed E-state index contributed by atoms with van der Waals surface area (Å²) < 4.78 is 0. The molecule has 0 bridgehead atoms. The Kier molecular flexibility index (Phi) is 1.83. The fourth-order valence-corrected chi connectivity index (χ4v) is 1.51. The molecule has 0 unspecified atom stereocenters. The summed E-state index contributed by atoms with van der Waals surface area (Å²) in [6, 6.07) is 5.00. The van der Waals surface area contributed by atoms with Gasteiger partial charge in [0.15, 0.2) is 5.78 Å². The quantitative estimate of drug-likeness (QED) is 0.610. The van der Waals surface area contributed by atoms with Crippen LogP contribution in [-0.4, -0.2) is 15.8 Å². The van der Waals surface area contributed by atoms with E-state index in [1.807, 2.05) is 0 Å². The molecule has 0 atom stereocenters. The van der Waals surface area contributed by atoms with E-state index in [-0.39, 0.29) is 5.78 Å². The van der Waals surface area contributed by atoms with Crippen LogP contribution in [0.25, 0.3) is 0 Å². The van der Waals surface area contributed by atoms with Gasteiger partial charge in [-0.3, -0.25) is 9.78 Å². The van der Waals surface area contributed by atoms with Crippen molar-refractivity contribution in [1.82, 2.24) is 9.97 Å². The second-order valence-corrected chi connectivity index (χ2v) is 3.30. The zero-order valence-corrected chi connectivity index (χ0v) is 8.16. The summed E-state index contributed by atoms with van der Waals surface area (Å²) in [6.07, 6.45) is 4.73. The van der Waals surface area contributed by atoms with Crippen molar-refractivity contribution in [3.8, 4) is 0 Å². The van der Waals surface area contributed by atoms with E-state index in [1.165, 1.54) is 0 Å². The Morgan fingerprint density at radius 2 is 1.81 bits per heavy atom. The molecule has 1 aliphatic heterocycles. The number of fused-ring (bicyclic) bond motifs is 1. The largest absolute Gasteiger partial charge is 0.289 e. The van der Waals surface area contributed by atoms with E-state index in [1.54, 1.807) is 36.8 Å². The van der Waals surface area contributed by atoms with Gasteiger partial charge in [-0.1, -0.05) is 0 Å². The highest BCUT2D eigenvalue weighted by Crippen LogP contribution is 2.38. The number of aromatic nitrogens is 2. The van der Waals surface area contributed by atoms with Crippen molar-refractivity contribution < 1.29 is 4.79 Å². The molecule has 3 rings (SSSR count). The van der Waals surface area contributed by atoms with Gasteiger partial charge in [-0.2, -0.15) is 0 Å². The van der Waals surface area contributed by atoms with Crippen LogP contribution in [0.1, 0.15) is 15.9 Å². The minimum absolute atomic E-state index is 0.0836. The molecule has 1 aliphatic rings. The van der Waals surface area contributed by atoms with Gasteiger partial charge >= 0.3 is 0 Å². The number of carbonyl (C=O) groups excluding carboxylic acids is 1. The second kappa shape index (κ2) is 3.30. The lowest BCUT2D eigenvalue weighted by atomic mass is 10.0. The summed E-state index contributed by atoms with van der Waals surface area (Å²) in [5.41, 5.74) is 1.70. The molecule has 0 N–H and O–H groups in total. The fourth-order valence-electron chi connectivity index (χ4n) is 1.51. The van der Waals surface area contributed by atoms with Gasteiger partial charge in [-0.05, 0) is 18.2 Å². The van der Waals surface area contributed by atoms with Crippen molar-refractivity contribution in [2.75, 3.05) is 0 Å². The van der Waals surface area contributed by atoms with Crippen LogP contribution in [0, 0.1) is 0 Å². The Labute approximate surface area is 90.9 Å². The predicted octanol–water partition coefficient (Wildman–Crippen LogP) is 2.44. The molecule has 0 fully saturated rings. The van der Waals surface area contributed by atoms with E-state index in [0.717, 1.165) is 0 Å². The highest BCUT2D eigenvalue weighted by molar-refractivity contribution is 6.13. The molecule has 2 aromatic rings. The molecular weight excluding hydrogens is 204 g/mol. The molecule has 5 nitrogen and oxygen atoms in total. The Hall–Kier alpha value is -2.43. The number of rotatable bonds is 2. The first kappa shape index (κ1) is 8.84. The third-order valence-electron chi connectivity index (χ3n) is 2.34. The summed E-state index contributed by atoms with van der Waals surface area (Å²) in [5, 5.41) is 7.52. The smallest absolute Gasteiger partial charge is 0.203 e. The number of hydrogen-bond donors (Lipinski definition) is 0. The van der Waals surface area contributed by atoms with E-state index in [4.69, 9.17) is 0 Å². The number of carbonyl (C=O) groups is 1. The number of azo groups is 1. The third-order valence-corrected chi connectivity index (χ3v) is 2.34. The first-order valence-electron chi connectivity index (χ1n) is 4.72. The van der Waals surface area contributed by atoms with E-state index >= 15 is 0 Å². The molecule has 0 radical (unpaired) electrons. The van der Waals surface area contributed by atoms with Crippen LogP contribution in [0.3, 0.4) is 0 Å². The van der Waals surface area contributed by atoms with Gasteiger partial charge < -0.3 is 0 Å². The SMILES string of the molecule is O=C(c1ccncc1)c1ccnc2c1N=N2. The summed E-state index contributed by atoms with van der Waals surface area (Å²) in [6.45, 7) is 0. The standard InChI is InChI=1S/C11H6N4O/c16-10(7-1-4-12-5-2-7)8-3-6-13-11-9(8)14-15-11/h1-6H. The summed E-state index contributed by atoms with van der Waals surface area (Å²) in [7, 11) is 0. The average molecular weight is 210 g/mol. The van der Waals surface area contributed by atoms with E-state index in [2.05, 4.69) is 20.2 Å². The Bertz CT molecular complexity index is 592. The van der Waals surface area contributed by atoms with E-state index in [0.29, 0.717) is 22.6 Å². The molecule has 0 saturated carbocycles. The van der Waals surface area contributed by atoms with Crippen LogP contribution >= 0.6 is 0 Å². The number of hydrogen-bond acceptors (Lipinski definition) is 5. The van der Waals surface area contributed by atoms with Gasteiger partial charge in [0, 0.05) is 24.2 Å². The Balaban J connectivity index is 2.07. The number of ketones is 1. The predicted molar refractivity (Wildman–Crippen MR) is 56.1 cm³/mol. The van der Waals surface area contributed by atoms with Crippen molar-refractivity contribution in [1.29, 1.82) is 0 Å². The van der Waals surface area contributed by atoms with Crippen molar-refractivity contribution in [3.05, 3.63) is 47.9 Å². The van der Waals surface area contributed by atoms with Crippen LogP contribution in [0.2, 0.25) is 0 Å². The number of nitrogens with zero attached hydrogens (tertiary/aromatic N) is 4. The van der Waals surface area contributed by atoms with E-state index < -0.39 is 0 Å². The molecule has 0 aromatic carbocycles. The van der Waals surface area contributed by atoms with Crippen LogP contribution in [0.4, 0.5) is 11.5 Å². The van der Waals surface area contributed by atoms with Crippen molar-refractivity contribution in [2.45, 2.75) is 0 Å². The normalized spacial score (nSPS) is 11.8. The zero-order chi connectivity index (χ0) is 11.0. The number of pyridine rings is 2. The highest BCUT2D eigenvalue weighted by Gasteiger charge is 2.21. The Morgan fingerprint density at radius 3 is 2.50 bits per heavy atom. The highest BCUT2D eigenvalue weighted by atomic mass is 16.1. The lowest BCUT2D eigenvalue weighted by Gasteiger charge is -2.10. The molecule has 0 amide bonds. The van der Waals surface area contributed by atoms with Crippen LogP contribution in [0.5, 0.6) is 0 Å². The van der Waals surface area contributed by atoms with E-state index in [9.17, 15) is 4.79 Å². The summed E-state index contributed by atoms with van der Waals surface area (Å²) >= 11 is 0. The minimum Gasteiger partial charge on any atom is -0.289 e. The maximum absolute atomic E-state index is 12.1. The third kappa shape index (κ3) is 1.22. The van der Waals surface area contributed by atoms with Crippen LogP contribution in [-0.2, 0) is 0 Å². The van der Waals surface area contributed by atoms with Gasteiger partial charge in [0.05, 0.1) is 5.56 Å². The van der Waals surface area contributed by atoms with Crippen molar-refractivity contribution in [3.63, 3.8) is 0 Å². The molecule has 16 heavy (non-hydrogen) atoms.